The first-order valence-corrected chi connectivity index (χ1v) is 7.83. The summed E-state index contributed by atoms with van der Waals surface area (Å²) in [5, 5.41) is 2.64. The van der Waals surface area contributed by atoms with Crippen LogP contribution in [0.25, 0.3) is 0 Å². The van der Waals surface area contributed by atoms with Gasteiger partial charge in [0.1, 0.15) is 0 Å². The van der Waals surface area contributed by atoms with E-state index >= 15 is 0 Å². The van der Waals surface area contributed by atoms with Crippen molar-refractivity contribution in [3.05, 3.63) is 23.8 Å². The predicted molar refractivity (Wildman–Crippen MR) is 78.6 cm³/mol. The van der Waals surface area contributed by atoms with Crippen LogP contribution in [0.1, 0.15) is 19.4 Å². The van der Waals surface area contributed by atoms with E-state index in [1.165, 1.54) is 18.2 Å². The average molecular weight is 299 g/mol. The molecular weight excluding hydrogens is 278 g/mol. The number of carbonyl (C=O) groups excluding carboxylic acids is 1. The first kappa shape index (κ1) is 16.5. The molecule has 0 saturated heterocycles. The largest absolute Gasteiger partial charge is 0.399 e. The number of amides is 1. The average Bonchev–Trinajstić information content (AvgIpc) is 2.37. The van der Waals surface area contributed by atoms with Gasteiger partial charge in [-0.05, 0) is 36.6 Å². The first-order chi connectivity index (χ1) is 9.22. The number of nitrogen functional groups attached to an aromatic ring is 1. The van der Waals surface area contributed by atoms with E-state index in [1.807, 2.05) is 13.8 Å². The monoisotopic (exact) mass is 299 g/mol. The number of hydrogen-bond acceptors (Lipinski definition) is 4. The highest BCUT2D eigenvalue weighted by Gasteiger charge is 2.16. The van der Waals surface area contributed by atoms with Crippen molar-refractivity contribution in [2.24, 2.45) is 5.92 Å². The van der Waals surface area contributed by atoms with Crippen LogP contribution in [-0.4, -0.2) is 27.4 Å². The van der Waals surface area contributed by atoms with Crippen LogP contribution in [0.3, 0.4) is 0 Å². The maximum atomic E-state index is 12.0. The van der Waals surface area contributed by atoms with Crippen LogP contribution in [0.15, 0.2) is 23.1 Å². The highest BCUT2D eigenvalue weighted by atomic mass is 32.2. The second-order valence-electron chi connectivity index (χ2n) is 5.04. The zero-order chi connectivity index (χ0) is 15.3. The number of anilines is 1. The van der Waals surface area contributed by atoms with Crippen molar-refractivity contribution in [2.45, 2.75) is 25.7 Å². The molecular formula is C13H21N3O3S. The molecule has 0 bridgehead atoms. The van der Waals surface area contributed by atoms with Crippen molar-refractivity contribution in [2.75, 3.05) is 18.8 Å². The zero-order valence-corrected chi connectivity index (χ0v) is 12.8. The summed E-state index contributed by atoms with van der Waals surface area (Å²) in [4.78, 5) is 11.6. The zero-order valence-electron chi connectivity index (χ0n) is 11.9. The molecule has 6 nitrogen and oxygen atoms in total. The van der Waals surface area contributed by atoms with Crippen molar-refractivity contribution in [1.82, 2.24) is 10.0 Å². The summed E-state index contributed by atoms with van der Waals surface area (Å²) < 4.78 is 26.3. The molecule has 0 aliphatic heterocycles. The molecule has 1 amide bonds. The topological polar surface area (TPSA) is 101 Å². The van der Waals surface area contributed by atoms with Crippen LogP contribution in [0.2, 0.25) is 0 Å². The number of carbonyl (C=O) groups is 1. The Hall–Kier alpha value is -1.60. The number of rotatable bonds is 6. The van der Waals surface area contributed by atoms with Crippen molar-refractivity contribution in [3.63, 3.8) is 0 Å². The summed E-state index contributed by atoms with van der Waals surface area (Å²) in [5.41, 5.74) is 6.85. The van der Waals surface area contributed by atoms with Gasteiger partial charge in [0.15, 0.2) is 0 Å². The Balaban J connectivity index is 2.66. The summed E-state index contributed by atoms with van der Waals surface area (Å²) in [6, 6.07) is 4.42. The van der Waals surface area contributed by atoms with Gasteiger partial charge in [0.2, 0.25) is 15.9 Å². The second kappa shape index (κ2) is 6.71. The van der Waals surface area contributed by atoms with Gasteiger partial charge in [-0.2, -0.15) is 0 Å². The predicted octanol–water partition coefficient (Wildman–Crippen LogP) is 0.628. The summed E-state index contributed by atoms with van der Waals surface area (Å²) in [6.07, 6.45) is 0. The molecule has 0 saturated carbocycles. The third kappa shape index (κ3) is 4.82. The van der Waals surface area contributed by atoms with Gasteiger partial charge in [0, 0.05) is 12.2 Å². The molecule has 0 aliphatic rings. The van der Waals surface area contributed by atoms with Crippen LogP contribution < -0.4 is 15.8 Å². The van der Waals surface area contributed by atoms with E-state index in [-0.39, 0.29) is 17.3 Å². The maximum absolute atomic E-state index is 12.0. The summed E-state index contributed by atoms with van der Waals surface area (Å²) >= 11 is 0. The van der Waals surface area contributed by atoms with Gasteiger partial charge in [-0.1, -0.05) is 13.8 Å². The van der Waals surface area contributed by atoms with Gasteiger partial charge in [0.25, 0.3) is 0 Å². The van der Waals surface area contributed by atoms with Crippen molar-refractivity contribution in [1.29, 1.82) is 0 Å². The highest BCUT2D eigenvalue weighted by molar-refractivity contribution is 7.89. The van der Waals surface area contributed by atoms with Gasteiger partial charge < -0.3 is 11.1 Å². The molecule has 1 aromatic carbocycles. The fraction of sp³-hybridized carbons (Fsp3) is 0.462. The van der Waals surface area contributed by atoms with Gasteiger partial charge in [-0.25, -0.2) is 13.1 Å². The van der Waals surface area contributed by atoms with Crippen LogP contribution in [0.5, 0.6) is 0 Å². The molecule has 0 heterocycles. The van der Waals surface area contributed by atoms with Crippen molar-refractivity contribution < 1.29 is 13.2 Å². The number of sulfonamides is 1. The van der Waals surface area contributed by atoms with E-state index < -0.39 is 10.0 Å². The van der Waals surface area contributed by atoms with E-state index in [4.69, 9.17) is 5.73 Å². The number of benzene rings is 1. The third-order valence-electron chi connectivity index (χ3n) is 2.68. The Morgan fingerprint density at radius 2 is 2.00 bits per heavy atom. The minimum Gasteiger partial charge on any atom is -0.399 e. The summed E-state index contributed by atoms with van der Waals surface area (Å²) in [5.74, 6) is -0.0373. The quantitative estimate of drug-likeness (QED) is 0.670. The normalized spacial score (nSPS) is 11.6. The Morgan fingerprint density at radius 1 is 1.35 bits per heavy atom. The lowest BCUT2D eigenvalue weighted by atomic mass is 10.2. The first-order valence-electron chi connectivity index (χ1n) is 6.35. The van der Waals surface area contributed by atoms with Crippen LogP contribution in [-0.2, 0) is 14.8 Å². The van der Waals surface area contributed by atoms with Gasteiger partial charge in [0.05, 0.1) is 11.4 Å². The molecule has 112 valence electrons. The highest BCUT2D eigenvalue weighted by Crippen LogP contribution is 2.16. The second-order valence-corrected chi connectivity index (χ2v) is 6.81. The van der Waals surface area contributed by atoms with E-state index in [0.717, 1.165) is 0 Å². The smallest absolute Gasteiger partial charge is 0.241 e. The Bertz CT molecular complexity index is 583. The summed E-state index contributed by atoms with van der Waals surface area (Å²) in [7, 11) is -3.70. The number of hydrogen-bond donors (Lipinski definition) is 3. The van der Waals surface area contributed by atoms with Crippen LogP contribution >= 0.6 is 0 Å². The fourth-order valence-corrected chi connectivity index (χ4v) is 2.51. The molecule has 0 radical (unpaired) electrons. The van der Waals surface area contributed by atoms with E-state index in [0.29, 0.717) is 23.7 Å². The molecule has 1 rings (SSSR count). The molecule has 0 aromatic heterocycles. The lowest BCUT2D eigenvalue weighted by Crippen LogP contribution is -2.38. The molecule has 0 fully saturated rings. The van der Waals surface area contributed by atoms with E-state index in [9.17, 15) is 13.2 Å². The molecule has 1 aromatic rings. The molecule has 0 aliphatic carbocycles. The number of aryl methyl sites for hydroxylation is 1. The lowest BCUT2D eigenvalue weighted by Gasteiger charge is -2.10. The maximum Gasteiger partial charge on any atom is 0.241 e. The summed E-state index contributed by atoms with van der Waals surface area (Å²) in [6.45, 7) is 5.88. The Morgan fingerprint density at radius 3 is 2.55 bits per heavy atom. The number of nitrogens with two attached hydrogens (primary N) is 1. The van der Waals surface area contributed by atoms with Crippen molar-refractivity contribution in [3.8, 4) is 0 Å². The molecule has 0 unspecified atom stereocenters. The minimum absolute atomic E-state index is 0.0980. The molecule has 0 atom stereocenters. The third-order valence-corrected chi connectivity index (χ3v) is 4.08. The van der Waals surface area contributed by atoms with Crippen LogP contribution in [0, 0.1) is 12.8 Å². The molecule has 20 heavy (non-hydrogen) atoms. The number of nitrogens with one attached hydrogen (secondary N) is 2. The fourth-order valence-electron chi connectivity index (χ4n) is 1.44. The molecule has 4 N–H and O–H groups in total. The Labute approximate surface area is 119 Å². The molecule has 0 spiro atoms. The standard InChI is InChI=1S/C13H21N3O3S/c1-9(2)7-15-13(17)8-16-20(18,19)11-4-5-12(14)10(3)6-11/h4-6,9,16H,7-8,14H2,1-3H3,(H,15,17). The van der Waals surface area contributed by atoms with Gasteiger partial charge in [-0.3, -0.25) is 4.79 Å². The van der Waals surface area contributed by atoms with E-state index in [2.05, 4.69) is 10.0 Å². The minimum atomic E-state index is -3.70. The van der Waals surface area contributed by atoms with E-state index in [1.54, 1.807) is 6.92 Å². The van der Waals surface area contributed by atoms with Gasteiger partial charge >= 0.3 is 0 Å². The van der Waals surface area contributed by atoms with Crippen LogP contribution in [0.4, 0.5) is 5.69 Å². The van der Waals surface area contributed by atoms with Crippen molar-refractivity contribution >= 4 is 21.6 Å². The SMILES string of the molecule is Cc1cc(S(=O)(=O)NCC(=O)NCC(C)C)ccc1N. The Kier molecular flexibility index (Phi) is 5.52. The van der Waals surface area contributed by atoms with Gasteiger partial charge in [-0.15, -0.1) is 0 Å². The molecule has 7 heteroatoms. The lowest BCUT2D eigenvalue weighted by molar-refractivity contribution is -0.120.